The van der Waals surface area contributed by atoms with E-state index < -0.39 is 19.5 Å². The summed E-state index contributed by atoms with van der Waals surface area (Å²) >= 11 is 0. The van der Waals surface area contributed by atoms with Crippen LogP contribution < -0.4 is 5.30 Å². The molecule has 8 heteroatoms. The van der Waals surface area contributed by atoms with Gasteiger partial charge in [-0.2, -0.15) is 0 Å². The highest BCUT2D eigenvalue weighted by molar-refractivity contribution is 7.63. The predicted molar refractivity (Wildman–Crippen MR) is 104 cm³/mol. The molecule has 1 heterocycles. The number of ether oxygens (including phenoxy) is 2. The van der Waals surface area contributed by atoms with Gasteiger partial charge in [0.2, 0.25) is 0 Å². The maximum atomic E-state index is 13.7. The van der Waals surface area contributed by atoms with Crippen molar-refractivity contribution in [3.63, 3.8) is 0 Å². The van der Waals surface area contributed by atoms with Gasteiger partial charge in [-0.25, -0.2) is 9.59 Å². The van der Waals surface area contributed by atoms with Crippen LogP contribution in [0, 0.1) is 12.3 Å². The third-order valence-corrected chi connectivity index (χ3v) is 6.80. The van der Waals surface area contributed by atoms with Crippen molar-refractivity contribution in [3.05, 3.63) is 41.0 Å². The van der Waals surface area contributed by atoms with E-state index in [4.69, 9.17) is 18.5 Å². The first-order valence-corrected chi connectivity index (χ1v) is 10.3. The fourth-order valence-corrected chi connectivity index (χ4v) is 5.69. The maximum absolute atomic E-state index is 13.7. The molecule has 150 valence electrons. The maximum Gasteiger partial charge on any atom is 0.362 e. The van der Waals surface area contributed by atoms with E-state index in [1.807, 2.05) is 13.8 Å². The normalized spacial score (nSPS) is 17.9. The molecular formula is C20H23O7P. The molecule has 2 aromatic carbocycles. The lowest BCUT2D eigenvalue weighted by Crippen LogP contribution is -2.33. The zero-order chi connectivity index (χ0) is 20.7. The Labute approximate surface area is 163 Å². The van der Waals surface area contributed by atoms with Gasteiger partial charge in [-0.3, -0.25) is 4.57 Å². The van der Waals surface area contributed by atoms with Gasteiger partial charge < -0.3 is 18.5 Å². The number of carbonyl (C=O) groups is 2. The Kier molecular flexibility index (Phi) is 5.36. The topological polar surface area (TPSA) is 88.1 Å². The number of rotatable bonds is 3. The molecule has 0 saturated carbocycles. The van der Waals surface area contributed by atoms with Gasteiger partial charge in [-0.15, -0.1) is 0 Å². The van der Waals surface area contributed by atoms with Gasteiger partial charge in [0, 0.05) is 5.41 Å². The minimum absolute atomic E-state index is 0.00434. The van der Waals surface area contributed by atoms with Crippen LogP contribution in [0.1, 0.15) is 40.1 Å². The second-order valence-electron chi connectivity index (χ2n) is 7.46. The lowest BCUT2D eigenvalue weighted by Gasteiger charge is -2.35. The Morgan fingerprint density at radius 1 is 0.964 bits per heavy atom. The molecule has 0 aliphatic carbocycles. The summed E-state index contributed by atoms with van der Waals surface area (Å²) in [6.45, 7) is 5.98. The summed E-state index contributed by atoms with van der Waals surface area (Å²) < 4.78 is 34.9. The van der Waals surface area contributed by atoms with E-state index in [9.17, 15) is 14.2 Å². The standard InChI is InChI=1S/C20H23O7P/c1-12-15(18(21)24-4)16(19(22)25-5)13-8-6-7-9-14(13)17(12)28(23)26-10-20(2,3)11-27-28/h6-9H,10-11H2,1-5H3. The molecule has 0 amide bonds. The molecule has 3 rings (SSSR count). The average Bonchev–Trinajstić information content (AvgIpc) is 2.68. The molecule has 0 spiro atoms. The smallest absolute Gasteiger partial charge is 0.362 e. The molecule has 1 aliphatic rings. The van der Waals surface area contributed by atoms with E-state index in [0.717, 1.165) is 0 Å². The van der Waals surface area contributed by atoms with Gasteiger partial charge in [-0.05, 0) is 23.3 Å². The molecule has 0 unspecified atom stereocenters. The van der Waals surface area contributed by atoms with E-state index in [2.05, 4.69) is 0 Å². The molecule has 2 aromatic rings. The highest BCUT2D eigenvalue weighted by Gasteiger charge is 2.42. The van der Waals surface area contributed by atoms with Crippen LogP contribution >= 0.6 is 7.60 Å². The summed E-state index contributed by atoms with van der Waals surface area (Å²) in [4.78, 5) is 25.1. The van der Waals surface area contributed by atoms with Crippen LogP contribution in [0.5, 0.6) is 0 Å². The molecule has 0 N–H and O–H groups in total. The monoisotopic (exact) mass is 406 g/mol. The highest BCUT2D eigenvalue weighted by atomic mass is 31.2. The summed E-state index contributed by atoms with van der Waals surface area (Å²) in [5, 5.41) is 1.20. The number of benzene rings is 2. The van der Waals surface area contributed by atoms with Gasteiger partial charge in [-0.1, -0.05) is 38.1 Å². The van der Waals surface area contributed by atoms with Gasteiger partial charge in [0.15, 0.2) is 0 Å². The van der Waals surface area contributed by atoms with Crippen molar-refractivity contribution in [2.24, 2.45) is 5.41 Å². The minimum Gasteiger partial charge on any atom is -0.465 e. The zero-order valence-corrected chi connectivity index (χ0v) is 17.4. The summed E-state index contributed by atoms with van der Waals surface area (Å²) in [7, 11) is -1.27. The first-order valence-electron chi connectivity index (χ1n) is 8.77. The molecule has 1 fully saturated rings. The summed E-state index contributed by atoms with van der Waals surface area (Å²) in [5.41, 5.74) is 0.0915. The Morgan fingerprint density at radius 3 is 2.00 bits per heavy atom. The largest absolute Gasteiger partial charge is 0.465 e. The van der Waals surface area contributed by atoms with Crippen molar-refractivity contribution in [1.82, 2.24) is 0 Å². The van der Waals surface area contributed by atoms with Crippen molar-refractivity contribution < 1.29 is 32.7 Å². The van der Waals surface area contributed by atoms with Crippen LogP contribution in [-0.4, -0.2) is 39.4 Å². The number of methoxy groups -OCH3 is 2. The number of esters is 2. The van der Waals surface area contributed by atoms with E-state index >= 15 is 0 Å². The van der Waals surface area contributed by atoms with Crippen LogP contribution in [0.4, 0.5) is 0 Å². The molecule has 0 aromatic heterocycles. The Balaban J connectivity index is 2.39. The molecule has 1 aliphatic heterocycles. The number of hydrogen-bond donors (Lipinski definition) is 0. The van der Waals surface area contributed by atoms with Gasteiger partial charge >= 0.3 is 19.5 Å². The molecule has 0 radical (unpaired) electrons. The average molecular weight is 406 g/mol. The SMILES string of the molecule is COC(=O)c1c(C)c(P2(=O)OCC(C)(C)CO2)c2ccccc2c1C(=O)OC. The molecular weight excluding hydrogens is 383 g/mol. The highest BCUT2D eigenvalue weighted by Crippen LogP contribution is 2.55. The fraction of sp³-hybridized carbons (Fsp3) is 0.400. The third-order valence-electron chi connectivity index (χ3n) is 4.74. The van der Waals surface area contributed by atoms with Crippen LogP contribution in [0.2, 0.25) is 0 Å². The fourth-order valence-electron chi connectivity index (χ4n) is 3.30. The predicted octanol–water partition coefficient (Wildman–Crippen LogP) is 3.61. The number of fused-ring (bicyclic) bond motifs is 1. The lowest BCUT2D eigenvalue weighted by molar-refractivity contribution is 0.0463. The van der Waals surface area contributed by atoms with E-state index in [1.54, 1.807) is 31.2 Å². The quantitative estimate of drug-likeness (QED) is 0.568. The molecule has 0 bridgehead atoms. The second-order valence-corrected chi connectivity index (χ2v) is 9.42. The molecule has 1 saturated heterocycles. The van der Waals surface area contributed by atoms with Crippen molar-refractivity contribution in [2.75, 3.05) is 27.4 Å². The molecule has 28 heavy (non-hydrogen) atoms. The van der Waals surface area contributed by atoms with Gasteiger partial charge in [0.25, 0.3) is 0 Å². The molecule has 7 nitrogen and oxygen atoms in total. The van der Waals surface area contributed by atoms with Crippen LogP contribution in [0.25, 0.3) is 10.8 Å². The van der Waals surface area contributed by atoms with Gasteiger partial charge in [0.05, 0.1) is 43.9 Å². The number of hydrogen-bond acceptors (Lipinski definition) is 7. The Bertz CT molecular complexity index is 995. The van der Waals surface area contributed by atoms with Crippen LogP contribution in [0.3, 0.4) is 0 Å². The summed E-state index contributed by atoms with van der Waals surface area (Å²) in [6.07, 6.45) is 0. The second kappa shape index (κ2) is 7.32. The summed E-state index contributed by atoms with van der Waals surface area (Å²) in [5.74, 6) is -1.41. The Morgan fingerprint density at radius 2 is 1.46 bits per heavy atom. The first kappa shape index (κ1) is 20.5. The first-order chi connectivity index (χ1) is 13.1. The minimum atomic E-state index is -3.72. The summed E-state index contributed by atoms with van der Waals surface area (Å²) in [6, 6.07) is 6.86. The zero-order valence-electron chi connectivity index (χ0n) is 16.5. The lowest BCUT2D eigenvalue weighted by atomic mass is 9.94. The van der Waals surface area contributed by atoms with Gasteiger partial charge in [0.1, 0.15) is 0 Å². The molecule has 0 atom stereocenters. The third kappa shape index (κ3) is 3.34. The van der Waals surface area contributed by atoms with Crippen molar-refractivity contribution in [1.29, 1.82) is 0 Å². The van der Waals surface area contributed by atoms with Crippen molar-refractivity contribution in [3.8, 4) is 0 Å². The van der Waals surface area contributed by atoms with E-state index in [0.29, 0.717) is 16.3 Å². The van der Waals surface area contributed by atoms with Crippen LogP contribution in [-0.2, 0) is 23.1 Å². The number of carbonyl (C=O) groups excluding carboxylic acids is 2. The van der Waals surface area contributed by atoms with E-state index in [1.165, 1.54) is 14.2 Å². The van der Waals surface area contributed by atoms with Crippen LogP contribution in [0.15, 0.2) is 24.3 Å². The van der Waals surface area contributed by atoms with Crippen molar-refractivity contribution >= 4 is 35.6 Å². The van der Waals surface area contributed by atoms with Crippen molar-refractivity contribution in [2.45, 2.75) is 20.8 Å². The van der Waals surface area contributed by atoms with E-state index in [-0.39, 0.29) is 35.1 Å². The Hall–Kier alpha value is -2.21.